The molecule has 37 heavy (non-hydrogen) atoms. The van der Waals surface area contributed by atoms with Gasteiger partial charge in [0.25, 0.3) is 11.9 Å². The zero-order valence-corrected chi connectivity index (χ0v) is 19.9. The van der Waals surface area contributed by atoms with Gasteiger partial charge in [0, 0.05) is 47.3 Å². The Kier molecular flexibility index (Phi) is 5.45. The summed E-state index contributed by atoms with van der Waals surface area (Å²) in [6.07, 6.45) is 4.81. The zero-order chi connectivity index (χ0) is 25.6. The van der Waals surface area contributed by atoms with Gasteiger partial charge >= 0.3 is 0 Å². The first-order valence-corrected chi connectivity index (χ1v) is 11.6. The predicted molar refractivity (Wildman–Crippen MR) is 134 cm³/mol. The molecule has 0 saturated heterocycles. The molecule has 1 unspecified atom stereocenters. The van der Waals surface area contributed by atoms with E-state index >= 15 is 0 Å². The Morgan fingerprint density at radius 3 is 2.68 bits per heavy atom. The van der Waals surface area contributed by atoms with Crippen molar-refractivity contribution < 1.29 is 18.7 Å². The van der Waals surface area contributed by atoms with E-state index in [9.17, 15) is 9.18 Å². The number of carbonyl (C=O) groups excluding carboxylic acids is 1. The van der Waals surface area contributed by atoms with Crippen molar-refractivity contribution in [2.75, 3.05) is 11.9 Å². The summed E-state index contributed by atoms with van der Waals surface area (Å²) in [6.45, 7) is 0.307. The van der Waals surface area contributed by atoms with Gasteiger partial charge in [-0.15, -0.1) is 0 Å². The van der Waals surface area contributed by atoms with Crippen LogP contribution >= 0.6 is 11.6 Å². The van der Waals surface area contributed by atoms with Crippen molar-refractivity contribution in [2.24, 2.45) is 10.7 Å². The number of pyridine rings is 3. The average Bonchev–Trinajstić information content (AvgIpc) is 2.89. The molecule has 1 amide bonds. The molecule has 1 spiro atoms. The molecule has 2 aliphatic heterocycles. The number of fused-ring (bicyclic) bond motifs is 4. The molecule has 3 N–H and O–H groups in total. The number of hydrogen-bond donors (Lipinski definition) is 2. The largest absolute Gasteiger partial charge is 0.465 e. The molecule has 0 fully saturated rings. The van der Waals surface area contributed by atoms with Crippen LogP contribution in [0.1, 0.15) is 28.0 Å². The van der Waals surface area contributed by atoms with Crippen LogP contribution in [-0.2, 0) is 10.3 Å². The Balaban J connectivity index is 1.45. The molecule has 0 radical (unpaired) electrons. The molecular formula is C26H18ClFN6O3. The number of carbonyl (C=O) groups is 1. The second-order valence-corrected chi connectivity index (χ2v) is 8.91. The molecule has 6 rings (SSSR count). The number of ether oxygens (including phenoxy) is 2. The minimum Gasteiger partial charge on any atom is -0.465 e. The molecule has 1 aromatic carbocycles. The highest BCUT2D eigenvalue weighted by atomic mass is 35.5. The second-order valence-electron chi connectivity index (χ2n) is 8.47. The summed E-state index contributed by atoms with van der Waals surface area (Å²) < 4.78 is 25.4. The normalized spacial score (nSPS) is 17.6. The van der Waals surface area contributed by atoms with Gasteiger partial charge in [-0.05, 0) is 42.5 Å². The fraction of sp³-hybridized carbons (Fsp3) is 0.115. The van der Waals surface area contributed by atoms with Gasteiger partial charge in [0.15, 0.2) is 5.75 Å². The van der Waals surface area contributed by atoms with Crippen LogP contribution in [-0.4, -0.2) is 33.5 Å². The van der Waals surface area contributed by atoms with Crippen molar-refractivity contribution in [1.82, 2.24) is 15.0 Å². The monoisotopic (exact) mass is 516 g/mol. The third-order valence-corrected chi connectivity index (χ3v) is 6.44. The smallest absolute Gasteiger partial charge is 0.283 e. The Labute approximate surface area is 215 Å². The highest BCUT2D eigenvalue weighted by Gasteiger charge is 2.45. The number of amidine groups is 1. The summed E-state index contributed by atoms with van der Waals surface area (Å²) in [5, 5.41) is 3.29. The van der Waals surface area contributed by atoms with Crippen molar-refractivity contribution in [2.45, 2.75) is 12.0 Å². The molecular weight excluding hydrogens is 499 g/mol. The van der Waals surface area contributed by atoms with Crippen LogP contribution in [0.4, 0.5) is 10.1 Å². The Hall–Kier alpha value is -4.57. The molecule has 3 aromatic heterocycles. The molecule has 0 aliphatic carbocycles. The lowest BCUT2D eigenvalue weighted by atomic mass is 9.77. The molecule has 5 heterocycles. The van der Waals surface area contributed by atoms with Gasteiger partial charge in [0.05, 0.1) is 23.5 Å². The van der Waals surface area contributed by atoms with Gasteiger partial charge in [-0.25, -0.2) is 15.0 Å². The Morgan fingerprint density at radius 2 is 1.89 bits per heavy atom. The van der Waals surface area contributed by atoms with Gasteiger partial charge in [0.2, 0.25) is 5.95 Å². The molecule has 184 valence electrons. The lowest BCUT2D eigenvalue weighted by Gasteiger charge is -2.39. The molecule has 9 nitrogen and oxygen atoms in total. The SMILES string of the molecule is NC1=NC2(CCO1)c1cc(NC(=O)c3ccc(Cl)cn3)ccc1Oc1cnc(-c3ccnc(F)c3)cc12. The Morgan fingerprint density at radius 1 is 1.03 bits per heavy atom. The number of nitrogens with zero attached hydrogens (tertiary/aromatic N) is 4. The minimum absolute atomic E-state index is 0.0261. The van der Waals surface area contributed by atoms with Crippen LogP contribution in [0.15, 0.2) is 72.1 Å². The highest BCUT2D eigenvalue weighted by molar-refractivity contribution is 6.30. The summed E-state index contributed by atoms with van der Waals surface area (Å²) in [5.41, 5.74) is 8.25. The summed E-state index contributed by atoms with van der Waals surface area (Å²) in [6, 6.07) is 13.2. The third kappa shape index (κ3) is 4.11. The van der Waals surface area contributed by atoms with Crippen molar-refractivity contribution in [3.8, 4) is 22.8 Å². The molecule has 4 aromatic rings. The maximum absolute atomic E-state index is 13.8. The highest BCUT2D eigenvalue weighted by Crippen LogP contribution is 2.52. The van der Waals surface area contributed by atoms with E-state index in [4.69, 9.17) is 31.8 Å². The zero-order valence-electron chi connectivity index (χ0n) is 19.1. The number of anilines is 1. The van der Waals surface area contributed by atoms with Crippen LogP contribution in [0.25, 0.3) is 11.3 Å². The fourth-order valence-corrected chi connectivity index (χ4v) is 4.64. The first-order valence-electron chi connectivity index (χ1n) is 11.3. The summed E-state index contributed by atoms with van der Waals surface area (Å²) in [5.74, 6) is 0.0191. The van der Waals surface area contributed by atoms with E-state index in [0.717, 1.165) is 0 Å². The fourth-order valence-electron chi connectivity index (χ4n) is 4.53. The van der Waals surface area contributed by atoms with E-state index in [1.807, 2.05) is 0 Å². The lowest BCUT2D eigenvalue weighted by Crippen LogP contribution is -2.38. The number of amides is 1. The number of nitrogens with one attached hydrogen (secondary N) is 1. The summed E-state index contributed by atoms with van der Waals surface area (Å²) >= 11 is 5.88. The van der Waals surface area contributed by atoms with Gasteiger partial charge in [-0.3, -0.25) is 9.78 Å². The van der Waals surface area contributed by atoms with Crippen LogP contribution in [0.5, 0.6) is 11.5 Å². The molecule has 0 bridgehead atoms. The van der Waals surface area contributed by atoms with Crippen LogP contribution in [0.2, 0.25) is 5.02 Å². The van der Waals surface area contributed by atoms with Crippen LogP contribution in [0, 0.1) is 5.95 Å². The van der Waals surface area contributed by atoms with Crippen LogP contribution < -0.4 is 15.8 Å². The van der Waals surface area contributed by atoms with Crippen molar-refractivity contribution in [1.29, 1.82) is 0 Å². The second kappa shape index (κ2) is 8.82. The maximum atomic E-state index is 13.8. The predicted octanol–water partition coefficient (Wildman–Crippen LogP) is 4.67. The topological polar surface area (TPSA) is 125 Å². The quantitative estimate of drug-likeness (QED) is 0.379. The molecule has 1 atom stereocenters. The van der Waals surface area contributed by atoms with Gasteiger partial charge in [0.1, 0.15) is 17.0 Å². The number of halogens is 2. The minimum atomic E-state index is -0.978. The number of aliphatic imine (C=N–C) groups is 1. The first-order chi connectivity index (χ1) is 17.9. The average molecular weight is 517 g/mol. The number of nitrogens with two attached hydrogens (primary N) is 1. The van der Waals surface area contributed by atoms with Gasteiger partial charge in [-0.1, -0.05) is 11.6 Å². The summed E-state index contributed by atoms with van der Waals surface area (Å²) in [4.78, 5) is 29.7. The molecule has 2 aliphatic rings. The lowest BCUT2D eigenvalue weighted by molar-refractivity contribution is 0.102. The number of aromatic nitrogens is 3. The first kappa shape index (κ1) is 22.9. The molecule has 0 saturated carbocycles. The number of rotatable bonds is 3. The van der Waals surface area contributed by atoms with Gasteiger partial charge < -0.3 is 20.5 Å². The maximum Gasteiger partial charge on any atom is 0.283 e. The Bertz CT molecular complexity index is 1580. The van der Waals surface area contributed by atoms with Crippen molar-refractivity contribution >= 4 is 29.2 Å². The van der Waals surface area contributed by atoms with E-state index < -0.39 is 17.4 Å². The standard InChI is InChI=1S/C26H18ClFN6O3/c27-15-1-3-19(31-12-15)24(35)33-16-2-4-21-17(10-16)26(6-8-36-25(29)34-26)18-11-20(32-13-22(18)37-21)14-5-7-30-23(28)9-14/h1-5,7,9-13H,6,8H2,(H2,29,34)(H,33,35). The van der Waals surface area contributed by atoms with Gasteiger partial charge in [-0.2, -0.15) is 4.39 Å². The number of benzene rings is 1. The van der Waals surface area contributed by atoms with E-state index in [-0.39, 0.29) is 11.7 Å². The third-order valence-electron chi connectivity index (χ3n) is 6.21. The van der Waals surface area contributed by atoms with E-state index in [0.29, 0.717) is 57.6 Å². The summed E-state index contributed by atoms with van der Waals surface area (Å²) in [7, 11) is 0. The van der Waals surface area contributed by atoms with Crippen molar-refractivity contribution in [3.63, 3.8) is 0 Å². The molecule has 11 heteroatoms. The number of hydrogen-bond acceptors (Lipinski definition) is 8. The van der Waals surface area contributed by atoms with E-state index in [1.165, 1.54) is 24.5 Å². The van der Waals surface area contributed by atoms with E-state index in [2.05, 4.69) is 20.3 Å². The van der Waals surface area contributed by atoms with Crippen LogP contribution in [0.3, 0.4) is 0 Å². The van der Waals surface area contributed by atoms with E-state index in [1.54, 1.807) is 42.6 Å². The van der Waals surface area contributed by atoms with Crippen molar-refractivity contribution in [3.05, 3.63) is 94.9 Å².